The Kier molecular flexibility index (Phi) is 13.3. The lowest BCUT2D eigenvalue weighted by molar-refractivity contribution is -0.143. The zero-order valence-electron chi connectivity index (χ0n) is 16.5. The van der Waals surface area contributed by atoms with Crippen LogP contribution in [0.1, 0.15) is 117 Å². The van der Waals surface area contributed by atoms with E-state index in [0.29, 0.717) is 13.0 Å². The molecule has 1 saturated carbocycles. The Bertz CT molecular complexity index is 300. The van der Waals surface area contributed by atoms with Gasteiger partial charge >= 0.3 is 5.97 Å². The van der Waals surface area contributed by atoms with Crippen molar-refractivity contribution in [2.75, 3.05) is 6.61 Å². The summed E-state index contributed by atoms with van der Waals surface area (Å²) in [6.45, 7) is 4.68. The third-order valence-electron chi connectivity index (χ3n) is 5.76. The van der Waals surface area contributed by atoms with Crippen molar-refractivity contribution in [1.29, 1.82) is 0 Å². The van der Waals surface area contributed by atoms with Gasteiger partial charge in [-0.25, -0.2) is 0 Å². The molecule has 24 heavy (non-hydrogen) atoms. The first-order valence-corrected chi connectivity index (χ1v) is 10.9. The fraction of sp³-hybridized carbons (Fsp3) is 0.955. The Labute approximate surface area is 151 Å². The van der Waals surface area contributed by atoms with Crippen molar-refractivity contribution < 1.29 is 9.53 Å². The van der Waals surface area contributed by atoms with Gasteiger partial charge in [0, 0.05) is 6.42 Å². The highest BCUT2D eigenvalue weighted by Crippen LogP contribution is 2.41. The summed E-state index contributed by atoms with van der Waals surface area (Å²) in [6, 6.07) is 0. The molecule has 0 aromatic carbocycles. The maximum absolute atomic E-state index is 11.2. The van der Waals surface area contributed by atoms with Crippen molar-refractivity contribution in [1.82, 2.24) is 0 Å². The summed E-state index contributed by atoms with van der Waals surface area (Å²) in [5.41, 5.74) is 0. The van der Waals surface area contributed by atoms with E-state index in [1.165, 1.54) is 89.9 Å². The number of ether oxygens (including phenoxy) is 1. The van der Waals surface area contributed by atoms with Crippen LogP contribution in [0, 0.1) is 11.8 Å². The molecule has 0 aromatic heterocycles. The van der Waals surface area contributed by atoms with Gasteiger partial charge in [-0.1, -0.05) is 84.0 Å². The van der Waals surface area contributed by atoms with Crippen LogP contribution in [0.4, 0.5) is 0 Å². The molecule has 2 atom stereocenters. The topological polar surface area (TPSA) is 26.3 Å². The van der Waals surface area contributed by atoms with E-state index in [-0.39, 0.29) is 5.97 Å². The second-order valence-electron chi connectivity index (χ2n) is 7.77. The molecule has 0 amide bonds. The maximum atomic E-state index is 11.2. The third-order valence-corrected chi connectivity index (χ3v) is 5.76. The molecule has 1 rings (SSSR count). The Hall–Kier alpha value is -0.530. The molecular formula is C22H42O2. The molecule has 0 saturated heterocycles. The lowest BCUT2D eigenvalue weighted by Gasteiger charge is -2.37. The Morgan fingerprint density at radius 2 is 1.25 bits per heavy atom. The van der Waals surface area contributed by atoms with E-state index in [4.69, 9.17) is 4.74 Å². The van der Waals surface area contributed by atoms with Crippen LogP contribution in [0.25, 0.3) is 0 Å². The van der Waals surface area contributed by atoms with Crippen molar-refractivity contribution in [3.05, 3.63) is 0 Å². The highest BCUT2D eigenvalue weighted by Gasteiger charge is 2.29. The molecule has 1 aliphatic rings. The van der Waals surface area contributed by atoms with Crippen molar-refractivity contribution >= 4 is 5.97 Å². The molecule has 0 radical (unpaired) electrons. The van der Waals surface area contributed by atoms with Crippen LogP contribution in [0.2, 0.25) is 0 Å². The smallest absolute Gasteiger partial charge is 0.305 e. The number of hydrogen-bond acceptors (Lipinski definition) is 2. The van der Waals surface area contributed by atoms with Crippen molar-refractivity contribution in [3.63, 3.8) is 0 Å². The molecule has 2 heteroatoms. The monoisotopic (exact) mass is 338 g/mol. The molecule has 2 nitrogen and oxygen atoms in total. The van der Waals surface area contributed by atoms with Crippen LogP contribution in [-0.2, 0) is 9.53 Å². The van der Waals surface area contributed by atoms with E-state index in [0.717, 1.165) is 18.3 Å². The van der Waals surface area contributed by atoms with E-state index >= 15 is 0 Å². The minimum atomic E-state index is -0.0236. The molecular weight excluding hydrogens is 296 g/mol. The molecule has 2 unspecified atom stereocenters. The number of carbonyl (C=O) groups excluding carboxylic acids is 1. The largest absolute Gasteiger partial charge is 0.466 e. The number of rotatable bonds is 16. The predicted molar refractivity (Wildman–Crippen MR) is 103 cm³/mol. The van der Waals surface area contributed by atoms with E-state index < -0.39 is 0 Å². The lowest BCUT2D eigenvalue weighted by Crippen LogP contribution is -2.25. The predicted octanol–water partition coefficient (Wildman–Crippen LogP) is 7.06. The summed E-state index contributed by atoms with van der Waals surface area (Å²) in [4.78, 5) is 11.2. The van der Waals surface area contributed by atoms with Crippen molar-refractivity contribution in [3.8, 4) is 0 Å². The minimum absolute atomic E-state index is 0.0236. The van der Waals surface area contributed by atoms with Gasteiger partial charge in [0.1, 0.15) is 0 Å². The van der Waals surface area contributed by atoms with Gasteiger partial charge in [-0.3, -0.25) is 4.79 Å². The molecule has 142 valence electrons. The number of carbonyl (C=O) groups is 1. The molecule has 1 fully saturated rings. The summed E-state index contributed by atoms with van der Waals surface area (Å²) >= 11 is 0. The normalized spacial score (nSPS) is 19.9. The number of hydrogen-bond donors (Lipinski definition) is 0. The Morgan fingerprint density at radius 1 is 0.750 bits per heavy atom. The molecule has 0 N–H and O–H groups in total. The maximum Gasteiger partial charge on any atom is 0.305 e. The number of esters is 1. The summed E-state index contributed by atoms with van der Waals surface area (Å²) < 4.78 is 4.96. The molecule has 1 aliphatic carbocycles. The first kappa shape index (κ1) is 21.5. The second kappa shape index (κ2) is 14.8. The van der Waals surface area contributed by atoms with Crippen LogP contribution < -0.4 is 0 Å². The van der Waals surface area contributed by atoms with Gasteiger partial charge in [-0.05, 0) is 38.0 Å². The standard InChI is InChI=1S/C22H42O2/c1-3-5-6-7-9-12-15-20-18-19-21(20)16-13-10-8-11-14-17-22(23)24-4-2/h20-21H,3-19H2,1-2H3. The first-order valence-electron chi connectivity index (χ1n) is 10.9. The van der Waals surface area contributed by atoms with E-state index in [1.54, 1.807) is 0 Å². The van der Waals surface area contributed by atoms with Crippen molar-refractivity contribution in [2.45, 2.75) is 117 Å². The quantitative estimate of drug-likeness (QED) is 0.222. The van der Waals surface area contributed by atoms with Gasteiger partial charge in [0.15, 0.2) is 0 Å². The molecule has 0 spiro atoms. The fourth-order valence-corrected chi connectivity index (χ4v) is 4.02. The van der Waals surface area contributed by atoms with Crippen LogP contribution >= 0.6 is 0 Å². The lowest BCUT2D eigenvalue weighted by atomic mass is 9.69. The van der Waals surface area contributed by atoms with Crippen LogP contribution in [0.3, 0.4) is 0 Å². The molecule has 0 aromatic rings. The second-order valence-corrected chi connectivity index (χ2v) is 7.77. The third kappa shape index (κ3) is 10.4. The summed E-state index contributed by atoms with van der Waals surface area (Å²) in [5.74, 6) is 2.07. The van der Waals surface area contributed by atoms with E-state index in [1.807, 2.05) is 6.92 Å². The Balaban J connectivity index is 1.86. The van der Waals surface area contributed by atoms with Gasteiger partial charge in [0.05, 0.1) is 6.61 Å². The van der Waals surface area contributed by atoms with Gasteiger partial charge in [0.2, 0.25) is 0 Å². The summed E-state index contributed by atoms with van der Waals surface area (Å²) in [5, 5.41) is 0. The van der Waals surface area contributed by atoms with Gasteiger partial charge in [0.25, 0.3) is 0 Å². The molecule has 0 heterocycles. The van der Waals surface area contributed by atoms with Gasteiger partial charge in [-0.15, -0.1) is 0 Å². The zero-order valence-corrected chi connectivity index (χ0v) is 16.5. The van der Waals surface area contributed by atoms with Gasteiger partial charge < -0.3 is 4.74 Å². The average molecular weight is 339 g/mol. The minimum Gasteiger partial charge on any atom is -0.466 e. The van der Waals surface area contributed by atoms with E-state index in [2.05, 4.69) is 6.92 Å². The Morgan fingerprint density at radius 3 is 1.75 bits per heavy atom. The van der Waals surface area contributed by atoms with Crippen LogP contribution in [-0.4, -0.2) is 12.6 Å². The van der Waals surface area contributed by atoms with Crippen LogP contribution in [0.5, 0.6) is 0 Å². The highest BCUT2D eigenvalue weighted by atomic mass is 16.5. The van der Waals surface area contributed by atoms with E-state index in [9.17, 15) is 4.79 Å². The fourth-order valence-electron chi connectivity index (χ4n) is 4.02. The molecule has 0 bridgehead atoms. The highest BCUT2D eigenvalue weighted by molar-refractivity contribution is 5.69. The molecule has 0 aliphatic heterocycles. The zero-order chi connectivity index (χ0) is 17.5. The van der Waals surface area contributed by atoms with Crippen LogP contribution in [0.15, 0.2) is 0 Å². The SMILES string of the molecule is CCCCCCCCC1CCC1CCCCCCCC(=O)OCC. The average Bonchev–Trinajstić information content (AvgIpc) is 2.55. The first-order chi connectivity index (χ1) is 11.8. The summed E-state index contributed by atoms with van der Waals surface area (Å²) in [6.07, 6.45) is 21.4. The number of unbranched alkanes of at least 4 members (excludes halogenated alkanes) is 9. The summed E-state index contributed by atoms with van der Waals surface area (Å²) in [7, 11) is 0. The van der Waals surface area contributed by atoms with Gasteiger partial charge in [-0.2, -0.15) is 0 Å². The van der Waals surface area contributed by atoms with Crippen molar-refractivity contribution in [2.24, 2.45) is 11.8 Å².